The van der Waals surface area contributed by atoms with Crippen molar-refractivity contribution in [3.05, 3.63) is 0 Å². The number of amides is 3. The first-order valence-corrected chi connectivity index (χ1v) is 6.60. The Morgan fingerprint density at radius 2 is 2.11 bits per heavy atom. The van der Waals surface area contributed by atoms with Crippen molar-refractivity contribution < 1.29 is 24.3 Å². The maximum absolute atomic E-state index is 11.9. The maximum Gasteiger partial charge on any atom is 0.321 e. The maximum atomic E-state index is 11.9. The Morgan fingerprint density at radius 1 is 1.47 bits per heavy atom. The summed E-state index contributed by atoms with van der Waals surface area (Å²) in [5.74, 6) is -2.51. The fraction of sp³-hybridized carbons (Fsp3) is 0.600. The van der Waals surface area contributed by atoms with E-state index in [9.17, 15) is 19.2 Å². The molecule has 1 rings (SSSR count). The van der Waals surface area contributed by atoms with Gasteiger partial charge in [-0.15, -0.1) is 11.8 Å². The molecule has 0 aliphatic carbocycles. The van der Waals surface area contributed by atoms with Crippen molar-refractivity contribution in [1.29, 1.82) is 0 Å². The smallest absolute Gasteiger partial charge is 0.321 e. The van der Waals surface area contributed by atoms with E-state index in [0.29, 0.717) is 0 Å². The lowest BCUT2D eigenvalue weighted by atomic mass is 10.3. The Labute approximate surface area is 113 Å². The number of aliphatic carboxylic acids is 1. The normalized spacial score (nSPS) is 20.7. The van der Waals surface area contributed by atoms with Gasteiger partial charge in [-0.2, -0.15) is 0 Å². The number of primary amides is 1. The number of rotatable bonds is 7. The Hall–Kier alpha value is -1.61. The number of hydrogen-bond acceptors (Lipinski definition) is 6. The molecule has 9 heteroatoms. The van der Waals surface area contributed by atoms with Gasteiger partial charge in [-0.05, 0) is 0 Å². The van der Waals surface area contributed by atoms with E-state index in [0.717, 1.165) is 16.7 Å². The first-order chi connectivity index (χ1) is 8.82. The van der Waals surface area contributed by atoms with Gasteiger partial charge in [0.15, 0.2) is 0 Å². The number of carboxylic acids is 1. The molecule has 1 saturated heterocycles. The van der Waals surface area contributed by atoms with Crippen LogP contribution in [0.15, 0.2) is 0 Å². The lowest BCUT2D eigenvalue weighted by Gasteiger charge is -2.14. The minimum Gasteiger partial charge on any atom is -0.480 e. The largest absolute Gasteiger partial charge is 0.480 e. The van der Waals surface area contributed by atoms with E-state index in [4.69, 9.17) is 16.6 Å². The number of carbonyl (C=O) groups is 4. The number of thioether (sulfide) groups is 1. The molecule has 1 unspecified atom stereocenters. The van der Waals surface area contributed by atoms with Crippen LogP contribution in [0.3, 0.4) is 0 Å². The zero-order chi connectivity index (χ0) is 14.6. The number of imide groups is 1. The second-order valence-corrected chi connectivity index (χ2v) is 5.31. The van der Waals surface area contributed by atoms with E-state index in [1.54, 1.807) is 0 Å². The molecule has 1 aliphatic heterocycles. The fourth-order valence-corrected chi connectivity index (χ4v) is 2.64. The van der Waals surface area contributed by atoms with Gasteiger partial charge in [-0.3, -0.25) is 24.1 Å². The van der Waals surface area contributed by atoms with Crippen molar-refractivity contribution in [1.82, 2.24) is 4.90 Å². The molecule has 2 atom stereocenters. The van der Waals surface area contributed by atoms with Crippen LogP contribution in [0.2, 0.25) is 0 Å². The zero-order valence-corrected chi connectivity index (χ0v) is 10.9. The topological polar surface area (TPSA) is 144 Å². The quantitative estimate of drug-likeness (QED) is 0.466. The summed E-state index contributed by atoms with van der Waals surface area (Å²) in [4.78, 5) is 45.6. The van der Waals surface area contributed by atoms with Gasteiger partial charge >= 0.3 is 5.97 Å². The predicted octanol–water partition coefficient (Wildman–Crippen LogP) is -1.87. The molecule has 1 fully saturated rings. The van der Waals surface area contributed by atoms with Crippen LogP contribution in [0.1, 0.15) is 12.8 Å². The van der Waals surface area contributed by atoms with Gasteiger partial charge in [0.2, 0.25) is 17.7 Å². The number of hydrogen-bond donors (Lipinski definition) is 3. The van der Waals surface area contributed by atoms with Crippen LogP contribution in [-0.4, -0.2) is 57.3 Å². The highest BCUT2D eigenvalue weighted by Gasteiger charge is 2.39. The summed E-state index contributed by atoms with van der Waals surface area (Å²) in [6.07, 6.45) is -0.0852. The van der Waals surface area contributed by atoms with E-state index in [-0.39, 0.29) is 31.0 Å². The Kier molecular flexibility index (Phi) is 5.31. The van der Waals surface area contributed by atoms with E-state index < -0.39 is 29.1 Å². The van der Waals surface area contributed by atoms with Crippen molar-refractivity contribution in [3.8, 4) is 0 Å². The SMILES string of the molecule is NC(=O)CCN1C(=O)CC(SC[C@H](N)C(=O)O)C1=O. The van der Waals surface area contributed by atoms with Gasteiger partial charge in [-0.25, -0.2) is 0 Å². The minimum atomic E-state index is -1.16. The van der Waals surface area contributed by atoms with Crippen LogP contribution in [0, 0.1) is 0 Å². The molecule has 19 heavy (non-hydrogen) atoms. The van der Waals surface area contributed by atoms with E-state index in [2.05, 4.69) is 0 Å². The minimum absolute atomic E-state index is 0.00536. The van der Waals surface area contributed by atoms with Gasteiger partial charge < -0.3 is 16.6 Å². The van der Waals surface area contributed by atoms with Crippen molar-refractivity contribution in [3.63, 3.8) is 0 Å². The van der Waals surface area contributed by atoms with Gasteiger partial charge in [-0.1, -0.05) is 0 Å². The third-order valence-corrected chi connectivity index (χ3v) is 3.90. The summed E-state index contributed by atoms with van der Waals surface area (Å²) in [7, 11) is 0. The van der Waals surface area contributed by atoms with Crippen LogP contribution in [-0.2, 0) is 19.2 Å². The summed E-state index contributed by atoms with van der Waals surface area (Å²) < 4.78 is 0. The average molecular weight is 289 g/mol. The van der Waals surface area contributed by atoms with Crippen molar-refractivity contribution in [2.75, 3.05) is 12.3 Å². The molecule has 1 aliphatic rings. The standard InChI is InChI=1S/C10H15N3O5S/c11-5(10(17)18)4-19-6-3-8(15)13(9(6)16)2-1-7(12)14/h5-6H,1-4,11H2,(H2,12,14)(H,17,18)/t5-,6?/m0/s1. The van der Waals surface area contributed by atoms with Crippen LogP contribution >= 0.6 is 11.8 Å². The fourth-order valence-electron chi connectivity index (χ4n) is 1.53. The first kappa shape index (κ1) is 15.4. The van der Waals surface area contributed by atoms with Gasteiger partial charge in [0.05, 0.1) is 5.25 Å². The second kappa shape index (κ2) is 6.53. The molecule has 0 aromatic carbocycles. The highest BCUT2D eigenvalue weighted by molar-refractivity contribution is 8.00. The Balaban J connectivity index is 2.50. The van der Waals surface area contributed by atoms with Gasteiger partial charge in [0, 0.05) is 25.1 Å². The molecule has 5 N–H and O–H groups in total. The molecule has 0 bridgehead atoms. The molecular formula is C10H15N3O5S. The zero-order valence-electron chi connectivity index (χ0n) is 10.1. The molecule has 0 spiro atoms. The Bertz CT molecular complexity index is 414. The number of nitrogens with zero attached hydrogens (tertiary/aromatic N) is 1. The summed E-state index contributed by atoms with van der Waals surface area (Å²) in [5.41, 5.74) is 10.3. The summed E-state index contributed by atoms with van der Waals surface area (Å²) >= 11 is 1.04. The van der Waals surface area contributed by atoms with Crippen molar-refractivity contribution in [2.24, 2.45) is 11.5 Å². The molecule has 106 valence electrons. The molecule has 8 nitrogen and oxygen atoms in total. The van der Waals surface area contributed by atoms with Crippen molar-refractivity contribution >= 4 is 35.5 Å². The highest BCUT2D eigenvalue weighted by Crippen LogP contribution is 2.25. The highest BCUT2D eigenvalue weighted by atomic mass is 32.2. The predicted molar refractivity (Wildman–Crippen MR) is 67.0 cm³/mol. The van der Waals surface area contributed by atoms with Crippen LogP contribution in [0.25, 0.3) is 0 Å². The van der Waals surface area contributed by atoms with E-state index in [1.807, 2.05) is 0 Å². The Morgan fingerprint density at radius 3 is 2.63 bits per heavy atom. The summed E-state index contributed by atoms with van der Waals surface area (Å²) in [6.45, 7) is -0.0327. The van der Waals surface area contributed by atoms with Crippen LogP contribution in [0.5, 0.6) is 0 Å². The molecule has 0 saturated carbocycles. The van der Waals surface area contributed by atoms with Crippen LogP contribution < -0.4 is 11.5 Å². The number of nitrogens with two attached hydrogens (primary N) is 2. The third kappa shape index (κ3) is 4.21. The number of likely N-dealkylation sites (tertiary alicyclic amines) is 1. The molecule has 3 amide bonds. The monoisotopic (exact) mass is 289 g/mol. The first-order valence-electron chi connectivity index (χ1n) is 5.55. The molecule has 1 heterocycles. The number of carboxylic acid groups (broad SMARTS) is 1. The summed E-state index contributed by atoms with van der Waals surface area (Å²) in [6, 6.07) is -1.08. The van der Waals surface area contributed by atoms with Gasteiger partial charge in [0.1, 0.15) is 6.04 Å². The molecule has 0 radical (unpaired) electrons. The van der Waals surface area contributed by atoms with E-state index in [1.165, 1.54) is 0 Å². The van der Waals surface area contributed by atoms with Gasteiger partial charge in [0.25, 0.3) is 0 Å². The van der Waals surface area contributed by atoms with Crippen LogP contribution in [0.4, 0.5) is 0 Å². The molecule has 0 aromatic rings. The molecular weight excluding hydrogens is 274 g/mol. The average Bonchev–Trinajstić information content (AvgIpc) is 2.58. The number of carbonyl (C=O) groups excluding carboxylic acids is 3. The molecule has 0 aromatic heterocycles. The third-order valence-electron chi connectivity index (χ3n) is 2.58. The van der Waals surface area contributed by atoms with Crippen molar-refractivity contribution in [2.45, 2.75) is 24.1 Å². The second-order valence-electron chi connectivity index (χ2n) is 4.07. The van der Waals surface area contributed by atoms with E-state index >= 15 is 0 Å². The summed E-state index contributed by atoms with van der Waals surface area (Å²) in [5, 5.41) is 7.99. The lowest BCUT2D eigenvalue weighted by Crippen LogP contribution is -2.36. The lowest BCUT2D eigenvalue weighted by molar-refractivity contribution is -0.139.